The molecule has 0 saturated heterocycles. The fourth-order valence-corrected chi connectivity index (χ4v) is 2.76. The number of aliphatic hydroxyl groups excluding tert-OH is 1. The largest absolute Gasteiger partial charge is 0.392 e. The van der Waals surface area contributed by atoms with Crippen molar-refractivity contribution in [2.45, 2.75) is 33.3 Å². The van der Waals surface area contributed by atoms with Gasteiger partial charge < -0.3 is 5.11 Å². The molecule has 0 radical (unpaired) electrons. The summed E-state index contributed by atoms with van der Waals surface area (Å²) in [6.07, 6.45) is 5.24. The van der Waals surface area contributed by atoms with E-state index in [1.165, 1.54) is 0 Å². The predicted octanol–water partition coefficient (Wildman–Crippen LogP) is 1.97. The fourth-order valence-electron chi connectivity index (χ4n) is 2.76. The van der Waals surface area contributed by atoms with Gasteiger partial charge in [0.25, 0.3) is 0 Å². The Morgan fingerprint density at radius 1 is 1.36 bits per heavy atom. The number of fused-ring (bicyclic) bond motifs is 1. The maximum atomic E-state index is 9.76. The number of hydrogen-bond acceptors (Lipinski definition) is 1. The van der Waals surface area contributed by atoms with E-state index in [-0.39, 0.29) is 11.5 Å². The molecule has 0 aromatic carbocycles. The zero-order chi connectivity index (χ0) is 8.28. The van der Waals surface area contributed by atoms with Gasteiger partial charge in [-0.15, -0.1) is 0 Å². The molecule has 1 N–H and O–H groups in total. The number of hydrogen-bond donors (Lipinski definition) is 1. The highest BCUT2D eigenvalue weighted by Crippen LogP contribution is 2.60. The van der Waals surface area contributed by atoms with Crippen LogP contribution < -0.4 is 0 Å². The van der Waals surface area contributed by atoms with Gasteiger partial charge in [0, 0.05) is 5.41 Å². The maximum absolute atomic E-state index is 9.76. The van der Waals surface area contributed by atoms with Crippen LogP contribution in [0.5, 0.6) is 0 Å². The number of rotatable bonds is 0. The van der Waals surface area contributed by atoms with Crippen molar-refractivity contribution in [3.63, 3.8) is 0 Å². The van der Waals surface area contributed by atoms with Crippen molar-refractivity contribution >= 4 is 0 Å². The molecule has 0 unspecified atom stereocenters. The van der Waals surface area contributed by atoms with Gasteiger partial charge in [0.1, 0.15) is 0 Å². The van der Waals surface area contributed by atoms with Gasteiger partial charge in [-0.1, -0.05) is 32.9 Å². The SMILES string of the molecule is CC1(C)C[C@H](O)[C@]2(C)C=C[C@H]12. The summed E-state index contributed by atoms with van der Waals surface area (Å²) in [7, 11) is 0. The molecule has 2 aliphatic rings. The molecule has 0 bridgehead atoms. The summed E-state index contributed by atoms with van der Waals surface area (Å²) in [4.78, 5) is 0. The van der Waals surface area contributed by atoms with Gasteiger partial charge >= 0.3 is 0 Å². The lowest BCUT2D eigenvalue weighted by molar-refractivity contribution is 0.0724. The van der Waals surface area contributed by atoms with E-state index in [0.717, 1.165) is 6.42 Å². The van der Waals surface area contributed by atoms with Gasteiger partial charge in [0.2, 0.25) is 0 Å². The molecule has 0 amide bonds. The summed E-state index contributed by atoms with van der Waals surface area (Å²) in [5, 5.41) is 9.76. The number of aliphatic hydroxyl groups is 1. The van der Waals surface area contributed by atoms with E-state index >= 15 is 0 Å². The molecule has 3 atom stereocenters. The van der Waals surface area contributed by atoms with Gasteiger partial charge in [-0.05, 0) is 17.8 Å². The van der Waals surface area contributed by atoms with Crippen molar-refractivity contribution in [3.05, 3.63) is 12.2 Å². The summed E-state index contributed by atoms with van der Waals surface area (Å²) in [5.41, 5.74) is 0.409. The van der Waals surface area contributed by atoms with Gasteiger partial charge in [0.15, 0.2) is 0 Å². The first kappa shape index (κ1) is 7.35. The highest BCUT2D eigenvalue weighted by atomic mass is 16.3. The predicted molar refractivity (Wildman–Crippen MR) is 45.1 cm³/mol. The van der Waals surface area contributed by atoms with Crippen molar-refractivity contribution in [1.29, 1.82) is 0 Å². The molecule has 2 rings (SSSR count). The Kier molecular flexibility index (Phi) is 1.15. The molecule has 1 nitrogen and oxygen atoms in total. The third-order valence-electron chi connectivity index (χ3n) is 3.60. The van der Waals surface area contributed by atoms with Crippen LogP contribution >= 0.6 is 0 Å². The second kappa shape index (κ2) is 1.71. The van der Waals surface area contributed by atoms with E-state index in [0.29, 0.717) is 11.3 Å². The van der Waals surface area contributed by atoms with Crippen LogP contribution in [0.4, 0.5) is 0 Å². The van der Waals surface area contributed by atoms with Crippen molar-refractivity contribution in [1.82, 2.24) is 0 Å². The summed E-state index contributed by atoms with van der Waals surface area (Å²) in [6.45, 7) is 6.66. The first-order valence-corrected chi connectivity index (χ1v) is 4.34. The third kappa shape index (κ3) is 0.698. The Morgan fingerprint density at radius 2 is 2.00 bits per heavy atom. The van der Waals surface area contributed by atoms with E-state index in [9.17, 15) is 5.11 Å². The van der Waals surface area contributed by atoms with Crippen LogP contribution in [-0.2, 0) is 0 Å². The Bertz CT molecular complexity index is 217. The first-order chi connectivity index (χ1) is 4.97. The average Bonchev–Trinajstić information content (AvgIpc) is 1.88. The molecule has 0 aromatic rings. The van der Waals surface area contributed by atoms with Crippen molar-refractivity contribution < 1.29 is 5.11 Å². The van der Waals surface area contributed by atoms with Crippen LogP contribution in [-0.4, -0.2) is 11.2 Å². The van der Waals surface area contributed by atoms with Gasteiger partial charge in [-0.25, -0.2) is 0 Å². The second-order valence-electron chi connectivity index (χ2n) is 4.91. The molecule has 0 heterocycles. The minimum atomic E-state index is -0.118. The summed E-state index contributed by atoms with van der Waals surface area (Å²) < 4.78 is 0. The molecule has 0 aromatic heterocycles. The topological polar surface area (TPSA) is 20.2 Å². The lowest BCUT2D eigenvalue weighted by Crippen LogP contribution is -2.37. The standard InChI is InChI=1S/C10H16O/c1-9(2)6-8(11)10(3)5-4-7(9)10/h4-5,7-8,11H,6H2,1-3H3/t7-,8+,10-/m1/s1. The van der Waals surface area contributed by atoms with E-state index in [2.05, 4.69) is 32.9 Å². The van der Waals surface area contributed by atoms with E-state index in [4.69, 9.17) is 0 Å². The summed E-state index contributed by atoms with van der Waals surface area (Å²) in [5.74, 6) is 0.602. The zero-order valence-electron chi connectivity index (χ0n) is 7.46. The zero-order valence-corrected chi connectivity index (χ0v) is 7.46. The van der Waals surface area contributed by atoms with Crippen LogP contribution in [0, 0.1) is 16.7 Å². The van der Waals surface area contributed by atoms with Crippen LogP contribution in [0.3, 0.4) is 0 Å². The highest BCUT2D eigenvalue weighted by Gasteiger charge is 2.56. The monoisotopic (exact) mass is 152 g/mol. The van der Waals surface area contributed by atoms with Crippen LogP contribution in [0.2, 0.25) is 0 Å². The van der Waals surface area contributed by atoms with E-state index in [1.807, 2.05) is 0 Å². The molecular weight excluding hydrogens is 136 g/mol. The third-order valence-corrected chi connectivity index (χ3v) is 3.60. The van der Waals surface area contributed by atoms with Crippen LogP contribution in [0.25, 0.3) is 0 Å². The van der Waals surface area contributed by atoms with E-state index in [1.54, 1.807) is 0 Å². The fraction of sp³-hybridized carbons (Fsp3) is 0.800. The first-order valence-electron chi connectivity index (χ1n) is 4.34. The minimum Gasteiger partial charge on any atom is -0.392 e. The molecule has 1 saturated carbocycles. The van der Waals surface area contributed by atoms with Crippen LogP contribution in [0.15, 0.2) is 12.2 Å². The average molecular weight is 152 g/mol. The molecule has 0 spiro atoms. The van der Waals surface area contributed by atoms with Crippen LogP contribution in [0.1, 0.15) is 27.2 Å². The smallest absolute Gasteiger partial charge is 0.0639 e. The van der Waals surface area contributed by atoms with Gasteiger partial charge in [-0.2, -0.15) is 0 Å². The Hall–Kier alpha value is -0.300. The number of allylic oxidation sites excluding steroid dienone is 1. The van der Waals surface area contributed by atoms with Crippen molar-refractivity contribution in [2.24, 2.45) is 16.7 Å². The second-order valence-corrected chi connectivity index (χ2v) is 4.91. The lowest BCUT2D eigenvalue weighted by Gasteiger charge is -2.41. The molecule has 1 fully saturated rings. The molecule has 0 aliphatic heterocycles. The molecule has 2 aliphatic carbocycles. The summed E-state index contributed by atoms with van der Waals surface area (Å²) in [6, 6.07) is 0. The lowest BCUT2D eigenvalue weighted by atomic mass is 9.64. The Balaban J connectivity index is 2.36. The maximum Gasteiger partial charge on any atom is 0.0639 e. The molecular formula is C10H16O. The quantitative estimate of drug-likeness (QED) is 0.526. The normalized spacial score (nSPS) is 52.0. The minimum absolute atomic E-state index is 0.101. The molecule has 1 heteroatoms. The van der Waals surface area contributed by atoms with Crippen molar-refractivity contribution in [3.8, 4) is 0 Å². The van der Waals surface area contributed by atoms with E-state index < -0.39 is 0 Å². The summed E-state index contributed by atoms with van der Waals surface area (Å²) >= 11 is 0. The Morgan fingerprint density at radius 3 is 2.18 bits per heavy atom. The Labute approximate surface area is 68.1 Å². The highest BCUT2D eigenvalue weighted by molar-refractivity contribution is 5.27. The van der Waals surface area contributed by atoms with Gasteiger partial charge in [0.05, 0.1) is 6.10 Å². The van der Waals surface area contributed by atoms with Crippen molar-refractivity contribution in [2.75, 3.05) is 0 Å². The molecule has 62 valence electrons. The van der Waals surface area contributed by atoms with Gasteiger partial charge in [-0.3, -0.25) is 0 Å². The molecule has 11 heavy (non-hydrogen) atoms.